The molecule has 3 saturated carbocycles. The Bertz CT molecular complexity index is 759. The van der Waals surface area contributed by atoms with Crippen LogP contribution in [0.2, 0.25) is 0 Å². The summed E-state index contributed by atoms with van der Waals surface area (Å²) in [5.41, 5.74) is 2.56. The van der Waals surface area contributed by atoms with Crippen LogP contribution in [0.5, 0.6) is 0 Å². The number of allylic oxidation sites excluding steroid dienone is 1. The molecule has 200 valence electrons. The van der Waals surface area contributed by atoms with E-state index in [0.29, 0.717) is 24.0 Å². The lowest BCUT2D eigenvalue weighted by atomic mass is 9.47. The van der Waals surface area contributed by atoms with E-state index in [2.05, 4.69) is 40.7 Å². The van der Waals surface area contributed by atoms with E-state index in [1.807, 2.05) is 0 Å². The van der Waals surface area contributed by atoms with Crippen molar-refractivity contribution in [2.45, 2.75) is 111 Å². The second-order valence-corrected chi connectivity index (χ2v) is 13.5. The normalized spacial score (nSPS) is 39.5. The molecule has 0 bridgehead atoms. The Hall–Kier alpha value is -0.870. The van der Waals surface area contributed by atoms with Gasteiger partial charge in [0.1, 0.15) is 6.61 Å². The predicted molar refractivity (Wildman–Crippen MR) is 141 cm³/mol. The Balaban J connectivity index is 1.36. The zero-order valence-electron chi connectivity index (χ0n) is 23.2. The van der Waals surface area contributed by atoms with Crippen molar-refractivity contribution in [3.05, 3.63) is 11.6 Å². The predicted octanol–water partition coefficient (Wildman–Crippen LogP) is 7.51. The van der Waals surface area contributed by atoms with E-state index in [1.54, 1.807) is 5.57 Å². The van der Waals surface area contributed by atoms with Crippen LogP contribution in [0.15, 0.2) is 11.6 Å². The van der Waals surface area contributed by atoms with Crippen LogP contribution in [-0.4, -0.2) is 37.0 Å². The molecular formula is C31H52O4. The van der Waals surface area contributed by atoms with Gasteiger partial charge in [-0.2, -0.15) is 0 Å². The van der Waals surface area contributed by atoms with Crippen LogP contribution in [0.4, 0.5) is 0 Å². The summed E-state index contributed by atoms with van der Waals surface area (Å²) in [7, 11) is 0. The fraction of sp³-hybridized carbons (Fsp3) is 0.903. The van der Waals surface area contributed by atoms with Gasteiger partial charge in [-0.3, -0.25) is 0 Å². The zero-order chi connectivity index (χ0) is 25.2. The molecule has 0 aromatic heterocycles. The summed E-state index contributed by atoms with van der Waals surface area (Å²) in [4.78, 5) is 10.6. The van der Waals surface area contributed by atoms with Gasteiger partial charge in [0.15, 0.2) is 0 Å². The first kappa shape index (κ1) is 27.2. The minimum absolute atomic E-state index is 0.238. The molecule has 1 N–H and O–H groups in total. The molecule has 0 heterocycles. The maximum Gasteiger partial charge on any atom is 0.329 e. The van der Waals surface area contributed by atoms with E-state index < -0.39 is 5.97 Å². The average molecular weight is 489 g/mol. The summed E-state index contributed by atoms with van der Waals surface area (Å²) in [6, 6.07) is 0. The standard InChI is InChI=1S/C31H52O4/c1-21(2)7-6-8-22(3)26-11-12-27-25-10-9-23-19-24(35-18-17-34-20-29(32)33)13-15-30(23,4)28(25)14-16-31(26,27)5/h9,21-22,24-28H,6-8,10-20H2,1-5H3,(H,32,33)/t22-,24?,25?,26-,27?,28?,30+,31-/m1/s1. The molecule has 35 heavy (non-hydrogen) atoms. The minimum Gasteiger partial charge on any atom is -0.480 e. The fourth-order valence-corrected chi connectivity index (χ4v) is 9.23. The number of aliphatic carboxylic acids is 1. The molecule has 4 unspecified atom stereocenters. The highest BCUT2D eigenvalue weighted by Gasteiger charge is 2.59. The molecule has 4 nitrogen and oxygen atoms in total. The Kier molecular flexibility index (Phi) is 8.74. The van der Waals surface area contributed by atoms with Gasteiger partial charge in [-0.1, -0.05) is 65.5 Å². The van der Waals surface area contributed by atoms with Crippen LogP contribution in [0, 0.1) is 46.3 Å². The van der Waals surface area contributed by atoms with Crippen LogP contribution in [0.1, 0.15) is 105 Å². The second-order valence-electron chi connectivity index (χ2n) is 13.5. The molecule has 0 saturated heterocycles. The maximum absolute atomic E-state index is 10.6. The lowest BCUT2D eigenvalue weighted by molar-refractivity contribution is -0.143. The first-order valence-corrected chi connectivity index (χ1v) is 14.8. The molecule has 0 aromatic carbocycles. The van der Waals surface area contributed by atoms with Crippen molar-refractivity contribution < 1.29 is 19.4 Å². The molecule has 0 spiro atoms. The van der Waals surface area contributed by atoms with E-state index in [-0.39, 0.29) is 12.7 Å². The molecule has 0 aromatic rings. The van der Waals surface area contributed by atoms with Crippen LogP contribution in [-0.2, 0) is 14.3 Å². The minimum atomic E-state index is -0.918. The van der Waals surface area contributed by atoms with Crippen molar-refractivity contribution in [1.82, 2.24) is 0 Å². The van der Waals surface area contributed by atoms with E-state index >= 15 is 0 Å². The van der Waals surface area contributed by atoms with Gasteiger partial charge in [0, 0.05) is 0 Å². The molecule has 4 rings (SSSR count). The van der Waals surface area contributed by atoms with Gasteiger partial charge in [-0.15, -0.1) is 0 Å². The van der Waals surface area contributed by atoms with E-state index in [9.17, 15) is 4.79 Å². The topological polar surface area (TPSA) is 55.8 Å². The quantitative estimate of drug-likeness (QED) is 0.241. The van der Waals surface area contributed by atoms with Crippen molar-refractivity contribution in [1.29, 1.82) is 0 Å². The highest BCUT2D eigenvalue weighted by atomic mass is 16.5. The molecule has 4 aliphatic rings. The van der Waals surface area contributed by atoms with Gasteiger partial charge in [0.05, 0.1) is 19.3 Å². The number of carboxylic acid groups (broad SMARTS) is 1. The Morgan fingerprint density at radius 1 is 1.06 bits per heavy atom. The van der Waals surface area contributed by atoms with Gasteiger partial charge in [0.25, 0.3) is 0 Å². The number of hydrogen-bond acceptors (Lipinski definition) is 3. The van der Waals surface area contributed by atoms with E-state index in [0.717, 1.165) is 48.3 Å². The van der Waals surface area contributed by atoms with Crippen LogP contribution in [0.3, 0.4) is 0 Å². The fourth-order valence-electron chi connectivity index (χ4n) is 9.23. The van der Waals surface area contributed by atoms with E-state index in [1.165, 1.54) is 57.8 Å². The molecule has 4 heteroatoms. The Morgan fingerprint density at radius 2 is 1.86 bits per heavy atom. The molecule has 0 aliphatic heterocycles. The molecule has 3 fully saturated rings. The third-order valence-electron chi connectivity index (χ3n) is 11.1. The molecule has 0 amide bonds. The molecular weight excluding hydrogens is 436 g/mol. The highest BCUT2D eigenvalue weighted by Crippen LogP contribution is 2.67. The monoisotopic (exact) mass is 488 g/mol. The number of carboxylic acids is 1. The van der Waals surface area contributed by atoms with Crippen LogP contribution < -0.4 is 0 Å². The zero-order valence-corrected chi connectivity index (χ0v) is 23.2. The van der Waals surface area contributed by atoms with Gasteiger partial charge in [-0.25, -0.2) is 4.79 Å². The average Bonchev–Trinajstić information content (AvgIpc) is 3.15. The van der Waals surface area contributed by atoms with Crippen molar-refractivity contribution in [2.75, 3.05) is 19.8 Å². The first-order valence-electron chi connectivity index (χ1n) is 14.8. The van der Waals surface area contributed by atoms with Crippen LogP contribution >= 0.6 is 0 Å². The lowest BCUT2D eigenvalue weighted by Gasteiger charge is -2.58. The number of ether oxygens (including phenoxy) is 2. The Labute approximate surface area is 214 Å². The molecule has 8 atom stereocenters. The second kappa shape index (κ2) is 11.3. The summed E-state index contributed by atoms with van der Waals surface area (Å²) in [5.74, 6) is 4.34. The number of hydrogen-bond donors (Lipinski definition) is 1. The lowest BCUT2D eigenvalue weighted by Crippen LogP contribution is -2.51. The maximum atomic E-state index is 10.6. The SMILES string of the molecule is CC(C)CCC[C@@H](C)[C@H]1CCC2C3CC=C4CC(OCCOCC(=O)O)CC[C@]4(C)C3CC[C@@]21C. The van der Waals surface area contributed by atoms with Crippen LogP contribution in [0.25, 0.3) is 0 Å². The summed E-state index contributed by atoms with van der Waals surface area (Å²) >= 11 is 0. The smallest absolute Gasteiger partial charge is 0.329 e. The van der Waals surface area contributed by atoms with Gasteiger partial charge in [-0.05, 0) is 97.7 Å². The summed E-state index contributed by atoms with van der Waals surface area (Å²) < 4.78 is 11.3. The third kappa shape index (κ3) is 5.69. The van der Waals surface area contributed by atoms with Crippen molar-refractivity contribution >= 4 is 5.97 Å². The number of carbonyl (C=O) groups is 1. The van der Waals surface area contributed by atoms with Gasteiger partial charge >= 0.3 is 5.97 Å². The summed E-state index contributed by atoms with van der Waals surface area (Å²) in [6.07, 6.45) is 17.5. The first-order chi connectivity index (χ1) is 16.6. The molecule has 0 radical (unpaired) electrons. The van der Waals surface area contributed by atoms with Crippen molar-refractivity contribution in [3.8, 4) is 0 Å². The van der Waals surface area contributed by atoms with Gasteiger partial charge in [0.2, 0.25) is 0 Å². The van der Waals surface area contributed by atoms with Crippen molar-refractivity contribution in [2.24, 2.45) is 46.3 Å². The summed E-state index contributed by atoms with van der Waals surface area (Å²) in [6.45, 7) is 13.2. The Morgan fingerprint density at radius 3 is 2.60 bits per heavy atom. The largest absolute Gasteiger partial charge is 0.480 e. The van der Waals surface area contributed by atoms with Gasteiger partial charge < -0.3 is 14.6 Å². The number of fused-ring (bicyclic) bond motifs is 5. The third-order valence-corrected chi connectivity index (χ3v) is 11.1. The highest BCUT2D eigenvalue weighted by molar-refractivity contribution is 5.67. The summed E-state index contributed by atoms with van der Waals surface area (Å²) in [5, 5.41) is 8.71. The number of rotatable bonds is 11. The van der Waals surface area contributed by atoms with Crippen molar-refractivity contribution in [3.63, 3.8) is 0 Å². The van der Waals surface area contributed by atoms with E-state index in [4.69, 9.17) is 14.6 Å². The molecule has 4 aliphatic carbocycles.